The molecule has 2 atom stereocenters. The van der Waals surface area contributed by atoms with Crippen LogP contribution in [-0.4, -0.2) is 46.5 Å². The number of amides is 1. The third-order valence-electron chi connectivity index (χ3n) is 5.17. The number of ether oxygens (including phenoxy) is 2. The number of benzene rings is 1. The lowest BCUT2D eigenvalue weighted by atomic mass is 10.1. The average molecular weight is 473 g/mol. The summed E-state index contributed by atoms with van der Waals surface area (Å²) in [5, 5.41) is 12.8. The molecule has 32 heavy (non-hydrogen) atoms. The van der Waals surface area contributed by atoms with Crippen LogP contribution in [-0.2, 0) is 10.5 Å². The molecule has 0 radical (unpaired) electrons. The minimum Gasteiger partial charge on any atom is -0.497 e. The van der Waals surface area contributed by atoms with Gasteiger partial charge in [-0.05, 0) is 23.6 Å². The molecule has 12 heteroatoms. The normalized spacial score (nSPS) is 20.0. The number of carbonyl (C=O) groups is 1. The van der Waals surface area contributed by atoms with E-state index in [2.05, 4.69) is 32.2 Å². The lowest BCUT2D eigenvalue weighted by Gasteiger charge is -2.28. The van der Waals surface area contributed by atoms with E-state index in [9.17, 15) is 4.79 Å². The van der Waals surface area contributed by atoms with E-state index >= 15 is 0 Å². The third kappa shape index (κ3) is 3.92. The zero-order valence-electron chi connectivity index (χ0n) is 17.3. The number of hydrazine groups is 1. The van der Waals surface area contributed by atoms with E-state index in [4.69, 9.17) is 14.0 Å². The van der Waals surface area contributed by atoms with E-state index in [0.717, 1.165) is 0 Å². The molecule has 2 aromatic heterocycles. The minimum atomic E-state index is -0.316. The highest BCUT2D eigenvalue weighted by Gasteiger charge is 2.42. The van der Waals surface area contributed by atoms with E-state index in [1.807, 2.05) is 28.6 Å². The summed E-state index contributed by atoms with van der Waals surface area (Å²) in [6.45, 7) is 0. The summed E-state index contributed by atoms with van der Waals surface area (Å²) in [6.07, 6.45) is 0.675. The molecule has 2 unspecified atom stereocenters. The van der Waals surface area contributed by atoms with Crippen LogP contribution in [0.4, 0.5) is 0 Å². The van der Waals surface area contributed by atoms with Crippen LogP contribution < -0.4 is 20.3 Å². The number of hydrogen-bond donors (Lipinski definition) is 2. The first kappa shape index (κ1) is 20.8. The van der Waals surface area contributed by atoms with Crippen molar-refractivity contribution in [2.75, 3.05) is 14.2 Å². The highest BCUT2D eigenvalue weighted by atomic mass is 32.2. The van der Waals surface area contributed by atoms with Crippen LogP contribution in [0.2, 0.25) is 0 Å². The molecule has 0 aliphatic carbocycles. The summed E-state index contributed by atoms with van der Waals surface area (Å²) in [7, 11) is 3.17. The molecule has 3 aromatic rings. The number of thioether (sulfide) groups is 1. The van der Waals surface area contributed by atoms with Crippen molar-refractivity contribution in [3.63, 3.8) is 0 Å². The monoisotopic (exact) mass is 472 g/mol. The lowest BCUT2D eigenvalue weighted by Crippen LogP contribution is -2.52. The van der Waals surface area contributed by atoms with Crippen molar-refractivity contribution >= 4 is 34.2 Å². The van der Waals surface area contributed by atoms with Gasteiger partial charge < -0.3 is 14.0 Å². The number of rotatable bonds is 6. The molecule has 2 aliphatic heterocycles. The van der Waals surface area contributed by atoms with Gasteiger partial charge in [-0.25, -0.2) is 10.9 Å². The zero-order valence-corrected chi connectivity index (χ0v) is 18.9. The molecule has 2 N–H and O–H groups in total. The Balaban J connectivity index is 1.28. The fourth-order valence-electron chi connectivity index (χ4n) is 3.59. The van der Waals surface area contributed by atoms with Crippen molar-refractivity contribution in [2.24, 2.45) is 5.10 Å². The summed E-state index contributed by atoms with van der Waals surface area (Å²) in [4.78, 5) is 18.0. The molecule has 2 aliphatic rings. The highest BCUT2D eigenvalue weighted by molar-refractivity contribution is 8.13. The largest absolute Gasteiger partial charge is 0.497 e. The Morgan fingerprint density at radius 2 is 2.22 bits per heavy atom. The van der Waals surface area contributed by atoms with Crippen LogP contribution in [0.5, 0.6) is 11.5 Å². The number of methoxy groups -OCH3 is 2. The number of fused-ring (bicyclic) bond motifs is 1. The smallest absolute Gasteiger partial charge is 0.264 e. The van der Waals surface area contributed by atoms with Gasteiger partial charge in [0.2, 0.25) is 11.7 Å². The molecular weight excluding hydrogens is 452 g/mol. The Morgan fingerprint density at radius 3 is 3.00 bits per heavy atom. The molecule has 0 saturated carbocycles. The van der Waals surface area contributed by atoms with Crippen LogP contribution in [0, 0.1) is 0 Å². The van der Waals surface area contributed by atoms with Gasteiger partial charge in [0, 0.05) is 17.4 Å². The fourth-order valence-corrected chi connectivity index (χ4v) is 5.17. The number of nitrogens with one attached hydrogen (secondary N) is 2. The minimum absolute atomic E-state index is 0.0761. The lowest BCUT2D eigenvalue weighted by molar-refractivity contribution is -0.125. The van der Waals surface area contributed by atoms with Gasteiger partial charge in [0.25, 0.3) is 5.91 Å². The quantitative estimate of drug-likeness (QED) is 0.559. The zero-order chi connectivity index (χ0) is 22.1. The highest BCUT2D eigenvalue weighted by Crippen LogP contribution is 2.34. The van der Waals surface area contributed by atoms with Crippen molar-refractivity contribution in [2.45, 2.75) is 24.3 Å². The Morgan fingerprint density at radius 1 is 1.31 bits per heavy atom. The maximum atomic E-state index is 12.3. The second-order valence-electron chi connectivity index (χ2n) is 7.06. The maximum absolute atomic E-state index is 12.3. The van der Waals surface area contributed by atoms with Gasteiger partial charge in [0.05, 0.1) is 31.6 Å². The van der Waals surface area contributed by atoms with Crippen LogP contribution >= 0.6 is 23.1 Å². The predicted molar refractivity (Wildman–Crippen MR) is 120 cm³/mol. The van der Waals surface area contributed by atoms with Crippen LogP contribution in [0.1, 0.15) is 23.2 Å². The topological polar surface area (TPSA) is 114 Å². The van der Waals surface area contributed by atoms with Gasteiger partial charge in [-0.15, -0.1) is 16.4 Å². The van der Waals surface area contributed by atoms with Crippen molar-refractivity contribution in [3.8, 4) is 22.9 Å². The third-order valence-corrected chi connectivity index (χ3v) is 7.09. The van der Waals surface area contributed by atoms with Crippen molar-refractivity contribution in [1.29, 1.82) is 0 Å². The number of hydrazone groups is 1. The maximum Gasteiger partial charge on any atom is 0.264 e. The van der Waals surface area contributed by atoms with Gasteiger partial charge in [0.1, 0.15) is 17.5 Å². The van der Waals surface area contributed by atoms with E-state index < -0.39 is 0 Å². The number of thiophene rings is 1. The molecular formula is C20H20N6O4S2. The van der Waals surface area contributed by atoms with E-state index in [1.165, 1.54) is 16.6 Å². The van der Waals surface area contributed by atoms with Gasteiger partial charge in [-0.1, -0.05) is 23.0 Å². The Bertz CT molecular complexity index is 1150. The van der Waals surface area contributed by atoms with Crippen LogP contribution in [0.15, 0.2) is 45.3 Å². The Kier molecular flexibility index (Phi) is 5.72. The number of amidine groups is 1. The van der Waals surface area contributed by atoms with E-state index in [1.54, 1.807) is 31.6 Å². The molecule has 166 valence electrons. The van der Waals surface area contributed by atoms with Crippen molar-refractivity contribution in [3.05, 3.63) is 46.5 Å². The SMILES string of the molecule is COc1ccc(-c2noc(CSC3=NNC(=O)C4CC(c5cccs5)NN34)n2)c(OC)c1. The van der Waals surface area contributed by atoms with E-state index in [-0.39, 0.29) is 18.0 Å². The Hall–Kier alpha value is -3.09. The summed E-state index contributed by atoms with van der Waals surface area (Å²) in [6, 6.07) is 9.23. The molecule has 1 aromatic carbocycles. The molecule has 10 nitrogen and oxygen atoms in total. The molecule has 5 rings (SSSR count). The van der Waals surface area contributed by atoms with Gasteiger partial charge in [0.15, 0.2) is 5.17 Å². The standard InChI is InChI=1S/C20H20N6O4S2/c1-28-11-5-6-12(15(8-11)29-2)18-21-17(30-25-18)10-32-20-23-22-19(27)14-9-13(24-26(14)20)16-4-3-7-31-16/h3-8,13-14,24H,9-10H2,1-2H3,(H,22,27). The van der Waals surface area contributed by atoms with Gasteiger partial charge in [-0.3, -0.25) is 9.80 Å². The number of nitrogens with zero attached hydrogens (tertiary/aromatic N) is 4. The van der Waals surface area contributed by atoms with Crippen molar-refractivity contribution in [1.82, 2.24) is 26.0 Å². The van der Waals surface area contributed by atoms with Gasteiger partial charge in [-0.2, -0.15) is 4.98 Å². The molecule has 0 bridgehead atoms. The fraction of sp³-hybridized carbons (Fsp3) is 0.300. The second kappa shape index (κ2) is 8.81. The average Bonchev–Trinajstić information content (AvgIpc) is 3.59. The summed E-state index contributed by atoms with van der Waals surface area (Å²) in [5.41, 5.74) is 6.73. The Labute approximate surface area is 191 Å². The summed E-state index contributed by atoms with van der Waals surface area (Å²) < 4.78 is 16.1. The number of carbonyl (C=O) groups excluding carboxylic acids is 1. The first-order valence-corrected chi connectivity index (χ1v) is 11.7. The van der Waals surface area contributed by atoms with Crippen molar-refractivity contribution < 1.29 is 18.8 Å². The molecule has 0 spiro atoms. The van der Waals surface area contributed by atoms with Gasteiger partial charge >= 0.3 is 0 Å². The number of hydrogen-bond acceptors (Lipinski definition) is 11. The van der Waals surface area contributed by atoms with E-state index in [0.29, 0.717) is 46.1 Å². The molecule has 1 amide bonds. The van der Waals surface area contributed by atoms with Crippen LogP contribution in [0.25, 0.3) is 11.4 Å². The summed E-state index contributed by atoms with van der Waals surface area (Å²) >= 11 is 3.07. The summed E-state index contributed by atoms with van der Waals surface area (Å²) in [5.74, 6) is 2.41. The van der Waals surface area contributed by atoms with Crippen LogP contribution in [0.3, 0.4) is 0 Å². The first-order valence-electron chi connectivity index (χ1n) is 9.80. The molecule has 4 heterocycles. The molecule has 1 saturated heterocycles. The predicted octanol–water partition coefficient (Wildman–Crippen LogP) is 2.77. The number of aromatic nitrogens is 2. The second-order valence-corrected chi connectivity index (χ2v) is 8.98. The molecule has 1 fully saturated rings. The first-order chi connectivity index (χ1) is 15.7.